The molecule has 0 unspecified atom stereocenters. The number of para-hydroxylation sites is 2. The monoisotopic (exact) mass is 475 g/mol. The van der Waals surface area contributed by atoms with E-state index in [1.807, 2.05) is 30.3 Å². The Morgan fingerprint density at radius 1 is 1.03 bits per heavy atom. The van der Waals surface area contributed by atoms with Gasteiger partial charge >= 0.3 is 5.97 Å². The Kier molecular flexibility index (Phi) is 7.34. The number of ether oxygens (including phenoxy) is 1. The van der Waals surface area contributed by atoms with Crippen LogP contribution >= 0.6 is 0 Å². The molecule has 7 nitrogen and oxygen atoms in total. The van der Waals surface area contributed by atoms with Crippen molar-refractivity contribution in [2.75, 3.05) is 11.9 Å². The third-order valence-electron chi connectivity index (χ3n) is 6.35. The maximum Gasteiger partial charge on any atom is 0.306 e. The molecule has 1 fully saturated rings. The number of carbonyl (C=O) groups excluding carboxylic acids is 2. The Morgan fingerprint density at radius 2 is 1.69 bits per heavy atom. The Balaban J connectivity index is 1.40. The van der Waals surface area contributed by atoms with E-state index in [1.54, 1.807) is 16.7 Å². The number of nitrogens with zero attached hydrogens (tertiary/aromatic N) is 2. The van der Waals surface area contributed by atoms with Crippen molar-refractivity contribution in [2.24, 2.45) is 0 Å². The summed E-state index contributed by atoms with van der Waals surface area (Å²) in [6.07, 6.45) is 2.21. The van der Waals surface area contributed by atoms with E-state index in [4.69, 9.17) is 4.74 Å². The molecule has 7 heteroatoms. The fourth-order valence-corrected chi connectivity index (χ4v) is 4.38. The van der Waals surface area contributed by atoms with Crippen LogP contribution in [0.1, 0.15) is 81.8 Å². The summed E-state index contributed by atoms with van der Waals surface area (Å²) in [5.41, 5.74) is 3.47. The van der Waals surface area contributed by atoms with Crippen LogP contribution in [0.3, 0.4) is 0 Å². The van der Waals surface area contributed by atoms with Crippen molar-refractivity contribution >= 4 is 28.5 Å². The molecule has 0 bridgehead atoms. The number of amides is 1. The molecule has 2 aromatic carbocycles. The summed E-state index contributed by atoms with van der Waals surface area (Å²) >= 11 is 0. The van der Waals surface area contributed by atoms with Gasteiger partial charge in [-0.3, -0.25) is 19.0 Å². The van der Waals surface area contributed by atoms with Crippen molar-refractivity contribution in [3.8, 4) is 0 Å². The average molecular weight is 476 g/mol. The van der Waals surface area contributed by atoms with Crippen LogP contribution < -0.4 is 10.9 Å². The van der Waals surface area contributed by atoms with E-state index >= 15 is 0 Å². The second-order valence-corrected chi connectivity index (χ2v) is 9.78. The van der Waals surface area contributed by atoms with Crippen LogP contribution in [0.4, 0.5) is 5.69 Å². The number of carbonyl (C=O) groups is 2. The molecule has 0 radical (unpaired) electrons. The van der Waals surface area contributed by atoms with Gasteiger partial charge < -0.3 is 10.1 Å². The van der Waals surface area contributed by atoms with Crippen LogP contribution in [0.15, 0.2) is 47.3 Å². The van der Waals surface area contributed by atoms with Crippen LogP contribution in [0.2, 0.25) is 0 Å². The predicted octanol–water partition coefficient (Wildman–Crippen LogP) is 5.09. The molecule has 0 spiro atoms. The number of aryl methyl sites for hydroxylation is 1. The van der Waals surface area contributed by atoms with Gasteiger partial charge in [0.15, 0.2) is 6.61 Å². The van der Waals surface area contributed by atoms with Gasteiger partial charge in [0, 0.05) is 18.2 Å². The van der Waals surface area contributed by atoms with Gasteiger partial charge in [-0.15, -0.1) is 0 Å². The molecule has 0 aliphatic heterocycles. The van der Waals surface area contributed by atoms with Crippen LogP contribution in [0.5, 0.6) is 0 Å². The first kappa shape index (κ1) is 24.6. The highest BCUT2D eigenvalue weighted by molar-refractivity contribution is 5.94. The smallest absolute Gasteiger partial charge is 0.306 e. The summed E-state index contributed by atoms with van der Waals surface area (Å²) in [5, 5.41) is 3.54. The van der Waals surface area contributed by atoms with E-state index in [9.17, 15) is 14.4 Å². The van der Waals surface area contributed by atoms with Crippen LogP contribution in [-0.4, -0.2) is 28.0 Å². The number of hydrogen-bond donors (Lipinski definition) is 1. The summed E-state index contributed by atoms with van der Waals surface area (Å²) in [7, 11) is 0. The van der Waals surface area contributed by atoms with Crippen molar-refractivity contribution in [1.82, 2.24) is 9.55 Å². The third kappa shape index (κ3) is 5.61. The van der Waals surface area contributed by atoms with E-state index in [0.717, 1.165) is 29.7 Å². The molecule has 1 aliphatic rings. The van der Waals surface area contributed by atoms with E-state index in [-0.39, 0.29) is 48.8 Å². The number of nitrogens with one attached hydrogen (secondary N) is 1. The lowest BCUT2D eigenvalue weighted by Gasteiger charge is -2.20. The van der Waals surface area contributed by atoms with Gasteiger partial charge in [0.05, 0.1) is 17.3 Å². The van der Waals surface area contributed by atoms with Gasteiger partial charge in [0.2, 0.25) is 0 Å². The second-order valence-electron chi connectivity index (χ2n) is 9.78. The summed E-state index contributed by atoms with van der Waals surface area (Å²) < 4.78 is 6.99. The van der Waals surface area contributed by atoms with Crippen molar-refractivity contribution in [2.45, 2.75) is 71.3 Å². The summed E-state index contributed by atoms with van der Waals surface area (Å²) in [4.78, 5) is 42.7. The Morgan fingerprint density at radius 3 is 2.31 bits per heavy atom. The van der Waals surface area contributed by atoms with Gasteiger partial charge in [-0.1, -0.05) is 58.0 Å². The highest BCUT2D eigenvalue weighted by Crippen LogP contribution is 2.35. The largest absolute Gasteiger partial charge is 0.456 e. The molecule has 1 amide bonds. The van der Waals surface area contributed by atoms with Gasteiger partial charge in [-0.2, -0.15) is 0 Å². The molecule has 1 N–H and O–H groups in total. The number of aromatic nitrogens is 2. The van der Waals surface area contributed by atoms with E-state index in [1.165, 1.54) is 0 Å². The highest BCUT2D eigenvalue weighted by Gasteiger charge is 2.28. The Labute approximate surface area is 205 Å². The van der Waals surface area contributed by atoms with Crippen molar-refractivity contribution in [3.05, 3.63) is 69.8 Å². The molecule has 1 aromatic heterocycles. The maximum atomic E-state index is 13.0. The number of hydrogen-bond acceptors (Lipinski definition) is 5. The zero-order valence-corrected chi connectivity index (χ0v) is 20.8. The van der Waals surface area contributed by atoms with Gasteiger partial charge in [0.25, 0.3) is 11.5 Å². The van der Waals surface area contributed by atoms with Gasteiger partial charge in [-0.25, -0.2) is 4.98 Å². The maximum absolute atomic E-state index is 13.0. The summed E-state index contributed by atoms with van der Waals surface area (Å²) in [6, 6.07) is 13.4. The van der Waals surface area contributed by atoms with E-state index < -0.39 is 5.97 Å². The van der Waals surface area contributed by atoms with Gasteiger partial charge in [0.1, 0.15) is 5.82 Å². The number of esters is 1. The average Bonchev–Trinajstić information content (AvgIpc) is 3.66. The SMILES string of the molecule is CC(C)c1cccc(C(C)C)c1NC(=O)COC(=O)CCc1nc2ccccc2c(=O)n1C1CC1. The minimum Gasteiger partial charge on any atom is -0.456 e. The minimum atomic E-state index is -0.494. The van der Waals surface area contributed by atoms with Crippen molar-refractivity contribution < 1.29 is 14.3 Å². The molecule has 0 atom stereocenters. The molecule has 4 rings (SSSR count). The third-order valence-corrected chi connectivity index (χ3v) is 6.35. The lowest BCUT2D eigenvalue weighted by Crippen LogP contribution is -2.26. The quantitative estimate of drug-likeness (QED) is 0.435. The van der Waals surface area contributed by atoms with Crippen LogP contribution in [-0.2, 0) is 20.7 Å². The van der Waals surface area contributed by atoms with Crippen molar-refractivity contribution in [3.63, 3.8) is 0 Å². The minimum absolute atomic E-state index is 0.0462. The standard InChI is InChI=1S/C28H33N3O4/c1-17(2)20-9-7-10-21(18(3)4)27(20)30-25(32)16-35-26(33)15-14-24-29-23-11-6-5-8-22(23)28(34)31(24)19-12-13-19/h5-11,17-19H,12-16H2,1-4H3,(H,30,32). The second kappa shape index (κ2) is 10.4. The number of benzene rings is 2. The summed E-state index contributed by atoms with van der Waals surface area (Å²) in [5.74, 6) is 0.207. The first-order valence-corrected chi connectivity index (χ1v) is 12.3. The summed E-state index contributed by atoms with van der Waals surface area (Å²) in [6.45, 7) is 7.96. The molecule has 0 saturated heterocycles. The lowest BCUT2D eigenvalue weighted by atomic mass is 9.92. The number of rotatable bonds is 9. The number of anilines is 1. The predicted molar refractivity (Wildman–Crippen MR) is 137 cm³/mol. The number of fused-ring (bicyclic) bond motifs is 1. The molecule has 1 aliphatic carbocycles. The normalized spacial score (nSPS) is 13.4. The highest BCUT2D eigenvalue weighted by atomic mass is 16.5. The Bertz CT molecular complexity index is 1280. The van der Waals surface area contributed by atoms with Crippen LogP contribution in [0, 0.1) is 0 Å². The first-order chi connectivity index (χ1) is 16.8. The Hall–Kier alpha value is -3.48. The first-order valence-electron chi connectivity index (χ1n) is 12.3. The molecule has 184 valence electrons. The molecule has 35 heavy (non-hydrogen) atoms. The zero-order valence-electron chi connectivity index (χ0n) is 20.8. The fraction of sp³-hybridized carbons (Fsp3) is 0.429. The molecule has 1 heterocycles. The molecular weight excluding hydrogens is 442 g/mol. The molecule has 1 saturated carbocycles. The van der Waals surface area contributed by atoms with Crippen LogP contribution in [0.25, 0.3) is 10.9 Å². The van der Waals surface area contributed by atoms with Gasteiger partial charge in [-0.05, 0) is 47.9 Å². The zero-order chi connectivity index (χ0) is 25.1. The van der Waals surface area contributed by atoms with E-state index in [2.05, 4.69) is 38.0 Å². The molecule has 3 aromatic rings. The fourth-order valence-electron chi connectivity index (χ4n) is 4.38. The lowest BCUT2D eigenvalue weighted by molar-refractivity contribution is -0.147. The topological polar surface area (TPSA) is 90.3 Å². The van der Waals surface area contributed by atoms with E-state index in [0.29, 0.717) is 16.7 Å². The van der Waals surface area contributed by atoms with Crippen molar-refractivity contribution in [1.29, 1.82) is 0 Å². The molecular formula is C28H33N3O4.